The van der Waals surface area contributed by atoms with Crippen molar-refractivity contribution >= 4 is 27.5 Å². The fraction of sp³-hybridized carbons (Fsp3) is 0.562. The molecule has 24 heavy (non-hydrogen) atoms. The fourth-order valence-corrected chi connectivity index (χ4v) is 4.30. The van der Waals surface area contributed by atoms with Crippen LogP contribution >= 0.6 is 11.6 Å². The lowest BCUT2D eigenvalue weighted by molar-refractivity contribution is -0.134. The van der Waals surface area contributed by atoms with Crippen LogP contribution in [-0.2, 0) is 14.8 Å². The van der Waals surface area contributed by atoms with Gasteiger partial charge in [0.25, 0.3) is 0 Å². The van der Waals surface area contributed by atoms with Crippen molar-refractivity contribution in [2.24, 2.45) is 11.7 Å². The van der Waals surface area contributed by atoms with Crippen molar-refractivity contribution in [2.45, 2.75) is 31.2 Å². The number of piperazine rings is 1. The highest BCUT2D eigenvalue weighted by molar-refractivity contribution is 7.89. The predicted octanol–water partition coefficient (Wildman–Crippen LogP) is 1.55. The molecule has 1 aromatic rings. The maximum absolute atomic E-state index is 12.6. The minimum Gasteiger partial charge on any atom is -0.339 e. The third-order valence-corrected chi connectivity index (χ3v) is 6.21. The van der Waals surface area contributed by atoms with Crippen LogP contribution in [0.5, 0.6) is 0 Å². The number of rotatable bonds is 5. The van der Waals surface area contributed by atoms with Crippen LogP contribution in [0.1, 0.15) is 20.3 Å². The van der Waals surface area contributed by atoms with Crippen LogP contribution < -0.4 is 5.73 Å². The molecule has 0 spiro atoms. The van der Waals surface area contributed by atoms with E-state index in [2.05, 4.69) is 0 Å². The van der Waals surface area contributed by atoms with Crippen LogP contribution in [0.25, 0.3) is 0 Å². The Balaban J connectivity index is 1.99. The second-order valence-electron chi connectivity index (χ2n) is 6.42. The highest BCUT2D eigenvalue weighted by atomic mass is 35.5. The van der Waals surface area contributed by atoms with E-state index < -0.39 is 16.1 Å². The van der Waals surface area contributed by atoms with Gasteiger partial charge >= 0.3 is 0 Å². The molecule has 1 aliphatic rings. The zero-order valence-electron chi connectivity index (χ0n) is 14.0. The molecular formula is C16H24ClN3O3S. The third-order valence-electron chi connectivity index (χ3n) is 4.04. The number of sulfonamides is 1. The standard InChI is InChI=1S/C16H24ClN3O3S/c1-12(2)11-15(18)16(21)19-7-9-20(10-8-19)24(22,23)14-5-3-13(17)4-6-14/h3-6,12,15H,7-11,18H2,1-2H3/t15-/m0/s1. The highest BCUT2D eigenvalue weighted by Gasteiger charge is 2.31. The van der Waals surface area contributed by atoms with Gasteiger partial charge in [-0.05, 0) is 36.6 Å². The Labute approximate surface area is 148 Å². The Kier molecular flexibility index (Phi) is 6.25. The van der Waals surface area contributed by atoms with Gasteiger partial charge in [0.05, 0.1) is 10.9 Å². The summed E-state index contributed by atoms with van der Waals surface area (Å²) in [6, 6.07) is 5.57. The molecule has 1 fully saturated rings. The lowest BCUT2D eigenvalue weighted by Gasteiger charge is -2.35. The van der Waals surface area contributed by atoms with Gasteiger partial charge in [-0.1, -0.05) is 25.4 Å². The van der Waals surface area contributed by atoms with Crippen molar-refractivity contribution in [1.29, 1.82) is 0 Å². The summed E-state index contributed by atoms with van der Waals surface area (Å²) in [4.78, 5) is 14.2. The summed E-state index contributed by atoms with van der Waals surface area (Å²) in [5.41, 5.74) is 5.94. The van der Waals surface area contributed by atoms with Gasteiger partial charge in [-0.25, -0.2) is 8.42 Å². The molecule has 8 heteroatoms. The first-order chi connectivity index (χ1) is 11.2. The summed E-state index contributed by atoms with van der Waals surface area (Å²) < 4.78 is 26.6. The second-order valence-corrected chi connectivity index (χ2v) is 8.79. The fourth-order valence-electron chi connectivity index (χ4n) is 2.75. The number of carbonyl (C=O) groups is 1. The number of amides is 1. The Morgan fingerprint density at radius 1 is 1.17 bits per heavy atom. The van der Waals surface area contributed by atoms with Crippen LogP contribution in [0.4, 0.5) is 0 Å². The van der Waals surface area contributed by atoms with Crippen molar-refractivity contribution in [3.8, 4) is 0 Å². The molecule has 134 valence electrons. The first-order valence-corrected chi connectivity index (χ1v) is 9.83. The zero-order valence-corrected chi connectivity index (χ0v) is 15.6. The first kappa shape index (κ1) is 19.2. The normalized spacial score (nSPS) is 18.0. The molecule has 1 saturated heterocycles. The largest absolute Gasteiger partial charge is 0.339 e. The van der Waals surface area contributed by atoms with E-state index in [4.69, 9.17) is 17.3 Å². The summed E-state index contributed by atoms with van der Waals surface area (Å²) in [5, 5.41) is 0.489. The van der Waals surface area contributed by atoms with Gasteiger partial charge in [0.1, 0.15) is 0 Å². The number of hydrogen-bond acceptors (Lipinski definition) is 4. The summed E-state index contributed by atoms with van der Waals surface area (Å²) in [7, 11) is -3.56. The summed E-state index contributed by atoms with van der Waals surface area (Å²) in [5.74, 6) is 0.239. The molecular weight excluding hydrogens is 350 g/mol. The maximum atomic E-state index is 12.6. The number of hydrogen-bond donors (Lipinski definition) is 1. The predicted molar refractivity (Wildman–Crippen MR) is 94.2 cm³/mol. The number of carbonyl (C=O) groups excluding carboxylic acids is 1. The minimum absolute atomic E-state index is 0.104. The van der Waals surface area contributed by atoms with Crippen LogP contribution in [0.3, 0.4) is 0 Å². The summed E-state index contributed by atoms with van der Waals surface area (Å²) in [6.07, 6.45) is 0.627. The molecule has 2 N–H and O–H groups in total. The average molecular weight is 374 g/mol. The van der Waals surface area contributed by atoms with Gasteiger partial charge in [0, 0.05) is 31.2 Å². The first-order valence-electron chi connectivity index (χ1n) is 8.02. The van der Waals surface area contributed by atoms with Gasteiger partial charge < -0.3 is 10.6 Å². The van der Waals surface area contributed by atoms with Crippen molar-refractivity contribution < 1.29 is 13.2 Å². The monoisotopic (exact) mass is 373 g/mol. The molecule has 6 nitrogen and oxygen atoms in total. The van der Waals surface area contributed by atoms with Gasteiger partial charge in [-0.15, -0.1) is 0 Å². The van der Waals surface area contributed by atoms with Crippen molar-refractivity contribution in [3.05, 3.63) is 29.3 Å². The molecule has 2 rings (SSSR count). The van der Waals surface area contributed by atoms with Gasteiger partial charge in [0.15, 0.2) is 0 Å². The van der Waals surface area contributed by atoms with E-state index in [0.717, 1.165) is 0 Å². The average Bonchev–Trinajstić information content (AvgIpc) is 2.54. The van der Waals surface area contributed by atoms with Crippen LogP contribution in [-0.4, -0.2) is 55.8 Å². The van der Waals surface area contributed by atoms with E-state index in [1.807, 2.05) is 13.8 Å². The molecule has 0 aliphatic carbocycles. The molecule has 1 heterocycles. The van der Waals surface area contributed by atoms with E-state index >= 15 is 0 Å². The maximum Gasteiger partial charge on any atom is 0.243 e. The lowest BCUT2D eigenvalue weighted by Crippen LogP contribution is -2.54. The highest BCUT2D eigenvalue weighted by Crippen LogP contribution is 2.20. The lowest BCUT2D eigenvalue weighted by atomic mass is 10.0. The van der Waals surface area contributed by atoms with Gasteiger partial charge in [0.2, 0.25) is 15.9 Å². The SMILES string of the molecule is CC(C)C[C@H](N)C(=O)N1CCN(S(=O)(=O)c2ccc(Cl)cc2)CC1. The van der Waals surface area contributed by atoms with E-state index in [0.29, 0.717) is 30.5 Å². The van der Waals surface area contributed by atoms with E-state index in [9.17, 15) is 13.2 Å². The summed E-state index contributed by atoms with van der Waals surface area (Å²) >= 11 is 5.80. The van der Waals surface area contributed by atoms with Crippen LogP contribution in [0.15, 0.2) is 29.2 Å². The van der Waals surface area contributed by atoms with Crippen molar-refractivity contribution in [1.82, 2.24) is 9.21 Å². The smallest absolute Gasteiger partial charge is 0.243 e. The number of halogens is 1. The quantitative estimate of drug-likeness (QED) is 0.848. The van der Waals surface area contributed by atoms with Gasteiger partial charge in [-0.3, -0.25) is 4.79 Å². The molecule has 1 amide bonds. The van der Waals surface area contributed by atoms with Crippen LogP contribution in [0, 0.1) is 5.92 Å². The molecule has 1 aromatic carbocycles. The topological polar surface area (TPSA) is 83.7 Å². The van der Waals surface area contributed by atoms with Crippen molar-refractivity contribution in [2.75, 3.05) is 26.2 Å². The van der Waals surface area contributed by atoms with Crippen molar-refractivity contribution in [3.63, 3.8) is 0 Å². The van der Waals surface area contributed by atoms with E-state index in [1.165, 1.54) is 16.4 Å². The number of nitrogens with two attached hydrogens (primary N) is 1. The molecule has 0 bridgehead atoms. The molecule has 0 radical (unpaired) electrons. The molecule has 1 atom stereocenters. The van der Waals surface area contributed by atoms with E-state index in [-0.39, 0.29) is 23.9 Å². The Bertz CT molecular complexity index is 668. The van der Waals surface area contributed by atoms with Crippen LogP contribution in [0.2, 0.25) is 5.02 Å². The Morgan fingerprint density at radius 3 is 2.21 bits per heavy atom. The minimum atomic E-state index is -3.56. The van der Waals surface area contributed by atoms with E-state index in [1.54, 1.807) is 17.0 Å². The number of benzene rings is 1. The Hall–Kier alpha value is -1.15. The molecule has 0 unspecified atom stereocenters. The number of nitrogens with zero attached hydrogens (tertiary/aromatic N) is 2. The molecule has 0 saturated carbocycles. The molecule has 1 aliphatic heterocycles. The van der Waals surface area contributed by atoms with Gasteiger partial charge in [-0.2, -0.15) is 4.31 Å². The Morgan fingerprint density at radius 2 is 1.71 bits per heavy atom. The zero-order chi connectivity index (χ0) is 17.9. The second kappa shape index (κ2) is 7.82. The summed E-state index contributed by atoms with van der Waals surface area (Å²) in [6.45, 7) is 5.29. The molecule has 0 aromatic heterocycles. The third kappa shape index (κ3) is 4.47.